The van der Waals surface area contributed by atoms with E-state index in [1.165, 1.54) is 96.3 Å². The molecule has 0 saturated carbocycles. The van der Waals surface area contributed by atoms with Gasteiger partial charge in [-0.05, 0) is 43.8 Å². The maximum absolute atomic E-state index is 9.22. The Morgan fingerprint density at radius 3 is 1.26 bits per heavy atom. The van der Waals surface area contributed by atoms with Crippen LogP contribution in [0.3, 0.4) is 0 Å². The molecule has 2 nitrogen and oxygen atoms in total. The lowest BCUT2D eigenvalue weighted by molar-refractivity contribution is 0.280. The van der Waals surface area contributed by atoms with Gasteiger partial charge in [0.2, 0.25) is 0 Å². The van der Waals surface area contributed by atoms with Crippen LogP contribution >= 0.6 is 0 Å². The highest BCUT2D eigenvalue weighted by atomic mass is 16.3. The second-order valence-corrected chi connectivity index (χ2v) is 8.94. The second-order valence-electron chi connectivity index (χ2n) is 8.94. The van der Waals surface area contributed by atoms with E-state index in [0.29, 0.717) is 0 Å². The monoisotopic (exact) mass is 428 g/mol. The van der Waals surface area contributed by atoms with E-state index in [1.807, 2.05) is 12.2 Å². The molecule has 0 aromatic heterocycles. The van der Waals surface area contributed by atoms with E-state index in [4.69, 9.17) is 12.8 Å². The van der Waals surface area contributed by atoms with Crippen LogP contribution in [0, 0.1) is 30.6 Å². The van der Waals surface area contributed by atoms with Crippen molar-refractivity contribution in [3.05, 3.63) is 24.3 Å². The molecule has 0 heterocycles. The molecular weight excluding hydrogens is 380 g/mol. The molecule has 0 spiro atoms. The number of hydrogen-bond acceptors (Lipinski definition) is 2. The summed E-state index contributed by atoms with van der Waals surface area (Å²) in [6.45, 7) is 2.42. The van der Waals surface area contributed by atoms with Crippen molar-refractivity contribution in [2.24, 2.45) is 5.92 Å². The van der Waals surface area contributed by atoms with Crippen molar-refractivity contribution >= 4 is 0 Å². The van der Waals surface area contributed by atoms with Gasteiger partial charge in [0, 0.05) is 0 Å². The van der Waals surface area contributed by atoms with Crippen LogP contribution in [0.4, 0.5) is 0 Å². The van der Waals surface area contributed by atoms with E-state index in [-0.39, 0.29) is 0 Å². The van der Waals surface area contributed by atoms with E-state index < -0.39 is 12.2 Å². The number of hydrogen-bond donors (Lipinski definition) is 2. The van der Waals surface area contributed by atoms with E-state index in [0.717, 1.165) is 18.8 Å². The summed E-state index contributed by atoms with van der Waals surface area (Å²) in [7, 11) is 0. The maximum atomic E-state index is 9.22. The van der Waals surface area contributed by atoms with Gasteiger partial charge >= 0.3 is 0 Å². The predicted molar refractivity (Wildman–Crippen MR) is 136 cm³/mol. The van der Waals surface area contributed by atoms with Crippen LogP contribution < -0.4 is 0 Å². The Bertz CT molecular complexity index is 520. The molecule has 31 heavy (non-hydrogen) atoms. The average Bonchev–Trinajstić information content (AvgIpc) is 2.78. The molecule has 0 amide bonds. The number of aliphatic hydroxyl groups is 2. The summed E-state index contributed by atoms with van der Waals surface area (Å²) in [5.74, 6) is 5.46. The second kappa shape index (κ2) is 23.2. The number of rotatable bonds is 21. The first-order valence-corrected chi connectivity index (χ1v) is 12.7. The fourth-order valence-electron chi connectivity index (χ4n) is 3.81. The molecule has 3 atom stereocenters. The van der Waals surface area contributed by atoms with Gasteiger partial charge in [0.15, 0.2) is 0 Å². The number of unbranched alkanes of at least 4 members (excludes halogenated alkanes) is 13. The van der Waals surface area contributed by atoms with Crippen molar-refractivity contribution in [1.29, 1.82) is 0 Å². The Morgan fingerprint density at radius 1 is 0.581 bits per heavy atom. The quantitative estimate of drug-likeness (QED) is 0.114. The summed E-state index contributed by atoms with van der Waals surface area (Å²) in [5, 5.41) is 18.4. The van der Waals surface area contributed by atoms with Gasteiger partial charge in [-0.3, -0.25) is 0 Å². The molecule has 0 saturated heterocycles. The number of allylic oxidation sites excluding steroid dienone is 2. The highest BCUT2D eigenvalue weighted by Gasteiger charge is 2.02. The van der Waals surface area contributed by atoms with Gasteiger partial charge in [-0.1, -0.05) is 114 Å². The zero-order valence-corrected chi connectivity index (χ0v) is 20.1. The van der Waals surface area contributed by atoms with Crippen LogP contribution in [0.15, 0.2) is 24.3 Å². The van der Waals surface area contributed by atoms with Gasteiger partial charge in [-0.25, -0.2) is 0 Å². The van der Waals surface area contributed by atoms with Crippen LogP contribution in [0.5, 0.6) is 0 Å². The smallest absolute Gasteiger partial charge is 0.133 e. The van der Waals surface area contributed by atoms with Gasteiger partial charge in [0.1, 0.15) is 12.2 Å². The molecular formula is C29H48O2. The Kier molecular flexibility index (Phi) is 22.1. The van der Waals surface area contributed by atoms with Crippen LogP contribution in [0.1, 0.15) is 116 Å². The number of terminal acetylenes is 2. The summed E-state index contributed by atoms with van der Waals surface area (Å²) in [6, 6.07) is 0. The molecule has 0 aliphatic heterocycles. The Balaban J connectivity index is 3.29. The van der Waals surface area contributed by atoms with Crippen molar-refractivity contribution in [1.82, 2.24) is 0 Å². The molecule has 176 valence electrons. The van der Waals surface area contributed by atoms with Crippen LogP contribution in [0.2, 0.25) is 0 Å². The summed E-state index contributed by atoms with van der Waals surface area (Å²) >= 11 is 0. The van der Waals surface area contributed by atoms with Gasteiger partial charge in [0.25, 0.3) is 0 Å². The third-order valence-corrected chi connectivity index (χ3v) is 5.86. The molecule has 0 bridgehead atoms. The summed E-state index contributed by atoms with van der Waals surface area (Å²) < 4.78 is 0. The van der Waals surface area contributed by atoms with E-state index >= 15 is 0 Å². The highest BCUT2D eigenvalue weighted by molar-refractivity contribution is 5.06. The van der Waals surface area contributed by atoms with Crippen molar-refractivity contribution in [3.63, 3.8) is 0 Å². The van der Waals surface area contributed by atoms with Crippen molar-refractivity contribution in [2.75, 3.05) is 0 Å². The van der Waals surface area contributed by atoms with E-state index in [1.54, 1.807) is 12.2 Å². The third kappa shape index (κ3) is 23.0. The topological polar surface area (TPSA) is 40.5 Å². The molecule has 0 rings (SSSR count). The predicted octanol–water partition coefficient (Wildman–Crippen LogP) is 7.35. The molecule has 0 fully saturated rings. The molecule has 2 N–H and O–H groups in total. The van der Waals surface area contributed by atoms with Crippen LogP contribution in [0.25, 0.3) is 0 Å². The first-order valence-electron chi connectivity index (χ1n) is 12.7. The Labute approximate surface area is 193 Å². The van der Waals surface area contributed by atoms with Gasteiger partial charge in [0.05, 0.1) is 0 Å². The van der Waals surface area contributed by atoms with Crippen molar-refractivity contribution in [3.8, 4) is 24.7 Å². The van der Waals surface area contributed by atoms with Gasteiger partial charge < -0.3 is 10.2 Å². The van der Waals surface area contributed by atoms with Crippen LogP contribution in [-0.2, 0) is 0 Å². The first kappa shape index (κ1) is 29.5. The summed E-state index contributed by atoms with van der Waals surface area (Å²) in [5.41, 5.74) is 0. The lowest BCUT2D eigenvalue weighted by Crippen LogP contribution is -1.95. The lowest BCUT2D eigenvalue weighted by atomic mass is 9.96. The van der Waals surface area contributed by atoms with E-state index in [9.17, 15) is 10.2 Å². The SMILES string of the molecule is C#C[C@H](O)/C=C/CCCCCCCCC[C@@H](C)CCCCCCCC/C=C/[C@@H](O)C#C. The molecule has 0 unspecified atom stereocenters. The number of aliphatic hydroxyl groups excluding tert-OH is 2. The maximum Gasteiger partial charge on any atom is 0.133 e. The first-order chi connectivity index (χ1) is 15.1. The average molecular weight is 429 g/mol. The van der Waals surface area contributed by atoms with Crippen molar-refractivity contribution < 1.29 is 10.2 Å². The fraction of sp³-hybridized carbons (Fsp3) is 0.724. The fourth-order valence-corrected chi connectivity index (χ4v) is 3.81. The van der Waals surface area contributed by atoms with Gasteiger partial charge in [-0.2, -0.15) is 0 Å². The minimum atomic E-state index is -0.720. The standard InChI is InChI=1S/C29H48O2/c1-4-28(30)25-21-17-13-8-6-7-11-15-19-23-27(3)24-20-16-12-9-10-14-18-22-26-29(31)5-2/h1-2,21-22,25-31H,6-20,23-24H2,3H3/b25-21+,26-22+/t27-,28+,29+/m1/s1. The normalized spacial score (nSPS) is 14.5. The highest BCUT2D eigenvalue weighted by Crippen LogP contribution is 2.19. The molecule has 0 aliphatic rings. The Hall–Kier alpha value is -1.48. The lowest BCUT2D eigenvalue weighted by Gasteiger charge is -2.11. The minimum absolute atomic E-state index is 0.720. The third-order valence-electron chi connectivity index (χ3n) is 5.86. The van der Waals surface area contributed by atoms with Crippen LogP contribution in [-0.4, -0.2) is 22.4 Å². The van der Waals surface area contributed by atoms with E-state index in [2.05, 4.69) is 18.8 Å². The van der Waals surface area contributed by atoms with Gasteiger partial charge in [-0.15, -0.1) is 12.8 Å². The molecule has 2 heteroatoms. The zero-order valence-electron chi connectivity index (χ0n) is 20.1. The Morgan fingerprint density at radius 2 is 0.903 bits per heavy atom. The summed E-state index contributed by atoms with van der Waals surface area (Å²) in [6.07, 6.45) is 38.2. The molecule has 0 radical (unpaired) electrons. The summed E-state index contributed by atoms with van der Waals surface area (Å²) in [4.78, 5) is 0. The van der Waals surface area contributed by atoms with Crippen molar-refractivity contribution in [2.45, 2.75) is 128 Å². The largest absolute Gasteiger partial charge is 0.377 e. The molecule has 0 aromatic carbocycles. The minimum Gasteiger partial charge on any atom is -0.377 e. The molecule has 0 aliphatic carbocycles. The zero-order chi connectivity index (χ0) is 23.0. The molecule has 0 aromatic rings.